The van der Waals surface area contributed by atoms with Gasteiger partial charge in [0.2, 0.25) is 9.84 Å². The van der Waals surface area contributed by atoms with Crippen molar-refractivity contribution in [3.8, 4) is 6.07 Å². The Morgan fingerprint density at radius 3 is 2.31 bits per heavy atom. The Labute approximate surface area is 178 Å². The number of sulfone groups is 1. The highest BCUT2D eigenvalue weighted by atomic mass is 35.5. The summed E-state index contributed by atoms with van der Waals surface area (Å²) in [5.41, 5.74) is 1.31. The minimum absolute atomic E-state index is 0.0782. The van der Waals surface area contributed by atoms with E-state index in [-0.39, 0.29) is 31.6 Å². The van der Waals surface area contributed by atoms with Gasteiger partial charge in [-0.25, -0.2) is 8.42 Å². The summed E-state index contributed by atoms with van der Waals surface area (Å²) in [4.78, 5) is 12.4. The molecule has 0 aliphatic rings. The lowest BCUT2D eigenvalue weighted by Gasteiger charge is -2.11. The van der Waals surface area contributed by atoms with Crippen molar-refractivity contribution in [3.63, 3.8) is 0 Å². The number of carbonyl (C=O) groups is 1. The number of benzene rings is 3. The Balaban J connectivity index is 1.94. The Bertz CT molecular complexity index is 1250. The molecule has 0 spiro atoms. The lowest BCUT2D eigenvalue weighted by Crippen LogP contribution is -2.13. The van der Waals surface area contributed by atoms with Crippen LogP contribution < -0.4 is 5.32 Å². The van der Waals surface area contributed by atoms with E-state index < -0.39 is 15.7 Å². The van der Waals surface area contributed by atoms with Crippen LogP contribution >= 0.6 is 23.2 Å². The molecule has 29 heavy (non-hydrogen) atoms. The number of hydrogen-bond donors (Lipinski definition) is 1. The molecule has 0 unspecified atom stereocenters. The van der Waals surface area contributed by atoms with Crippen LogP contribution in [0.4, 0.5) is 5.69 Å². The molecule has 146 valence electrons. The molecule has 0 fully saturated rings. The first-order valence-electron chi connectivity index (χ1n) is 8.34. The zero-order chi connectivity index (χ0) is 21.2. The normalized spacial score (nSPS) is 11.0. The van der Waals surface area contributed by atoms with Gasteiger partial charge in [0, 0.05) is 10.7 Å². The number of carbonyl (C=O) groups excluding carboxylic acids is 1. The quantitative estimate of drug-likeness (QED) is 0.594. The van der Waals surface area contributed by atoms with Crippen LogP contribution in [0.5, 0.6) is 0 Å². The number of rotatable bonds is 4. The van der Waals surface area contributed by atoms with Crippen molar-refractivity contribution in [2.45, 2.75) is 16.7 Å². The van der Waals surface area contributed by atoms with E-state index in [1.165, 1.54) is 48.5 Å². The summed E-state index contributed by atoms with van der Waals surface area (Å²) in [6.07, 6.45) is 0. The maximum atomic E-state index is 12.9. The van der Waals surface area contributed by atoms with Crippen molar-refractivity contribution in [3.05, 3.63) is 87.4 Å². The van der Waals surface area contributed by atoms with E-state index in [1.54, 1.807) is 12.1 Å². The molecule has 0 saturated carbocycles. The predicted octanol–water partition coefficient (Wildman–Crippen LogP) is 5.26. The lowest BCUT2D eigenvalue weighted by molar-refractivity contribution is 0.102. The van der Waals surface area contributed by atoms with E-state index in [0.29, 0.717) is 5.02 Å². The second-order valence-corrected chi connectivity index (χ2v) is 8.98. The molecule has 3 rings (SSSR count). The third-order valence-electron chi connectivity index (χ3n) is 4.15. The number of nitrogens with zero attached hydrogens (tertiary/aromatic N) is 1. The molecule has 0 aromatic heterocycles. The number of aryl methyl sites for hydroxylation is 1. The molecule has 0 radical (unpaired) electrons. The van der Waals surface area contributed by atoms with Gasteiger partial charge in [-0.2, -0.15) is 5.26 Å². The van der Waals surface area contributed by atoms with Gasteiger partial charge in [0.1, 0.15) is 6.07 Å². The largest absolute Gasteiger partial charge is 0.322 e. The van der Waals surface area contributed by atoms with Gasteiger partial charge in [0.15, 0.2) is 0 Å². The van der Waals surface area contributed by atoms with E-state index in [4.69, 9.17) is 23.2 Å². The van der Waals surface area contributed by atoms with E-state index >= 15 is 0 Å². The minimum atomic E-state index is -3.88. The minimum Gasteiger partial charge on any atom is -0.322 e. The van der Waals surface area contributed by atoms with Crippen LogP contribution in [-0.4, -0.2) is 14.3 Å². The molecule has 0 heterocycles. The third-order valence-corrected chi connectivity index (χ3v) is 6.53. The first kappa shape index (κ1) is 20.9. The SMILES string of the molecule is Cc1ccc(S(=O)(=O)c2ccc(NC(=O)c3ccc(Cl)cc3Cl)cc2C#N)cc1. The maximum Gasteiger partial charge on any atom is 0.257 e. The highest BCUT2D eigenvalue weighted by Crippen LogP contribution is 2.27. The van der Waals surface area contributed by atoms with E-state index in [0.717, 1.165) is 5.56 Å². The fourth-order valence-corrected chi connectivity index (χ4v) is 4.53. The highest BCUT2D eigenvalue weighted by molar-refractivity contribution is 7.91. The zero-order valence-corrected chi connectivity index (χ0v) is 17.4. The average molecular weight is 445 g/mol. The van der Waals surface area contributed by atoms with Crippen LogP contribution in [0.2, 0.25) is 10.0 Å². The summed E-state index contributed by atoms with van der Waals surface area (Å²) in [7, 11) is -3.88. The van der Waals surface area contributed by atoms with Crippen molar-refractivity contribution >= 4 is 44.6 Å². The van der Waals surface area contributed by atoms with Crippen LogP contribution in [-0.2, 0) is 9.84 Å². The van der Waals surface area contributed by atoms with E-state index in [2.05, 4.69) is 5.32 Å². The van der Waals surface area contributed by atoms with Crippen LogP contribution in [0, 0.1) is 18.3 Å². The lowest BCUT2D eigenvalue weighted by atomic mass is 10.2. The summed E-state index contributed by atoms with van der Waals surface area (Å²) < 4.78 is 25.8. The van der Waals surface area contributed by atoms with Crippen molar-refractivity contribution in [2.75, 3.05) is 5.32 Å². The number of amides is 1. The van der Waals surface area contributed by atoms with E-state index in [9.17, 15) is 18.5 Å². The molecule has 1 N–H and O–H groups in total. The first-order valence-corrected chi connectivity index (χ1v) is 10.6. The Morgan fingerprint density at radius 2 is 1.69 bits per heavy atom. The molecule has 0 aliphatic heterocycles. The fraction of sp³-hybridized carbons (Fsp3) is 0.0476. The van der Waals surface area contributed by atoms with E-state index in [1.807, 2.05) is 13.0 Å². The molecule has 0 aliphatic carbocycles. The summed E-state index contributed by atoms with van der Waals surface area (Å²) >= 11 is 11.9. The first-order chi connectivity index (χ1) is 13.7. The number of nitrogens with one attached hydrogen (secondary N) is 1. The van der Waals surface area contributed by atoms with Gasteiger partial charge in [-0.15, -0.1) is 0 Å². The summed E-state index contributed by atoms with van der Waals surface area (Å²) in [5, 5.41) is 12.6. The number of hydrogen-bond acceptors (Lipinski definition) is 4. The van der Waals surface area contributed by atoms with Gasteiger partial charge in [0.05, 0.1) is 25.9 Å². The Morgan fingerprint density at radius 1 is 1.00 bits per heavy atom. The average Bonchev–Trinajstić information content (AvgIpc) is 2.68. The van der Waals surface area contributed by atoms with Gasteiger partial charge < -0.3 is 5.32 Å². The van der Waals surface area contributed by atoms with Gasteiger partial charge in [0.25, 0.3) is 5.91 Å². The third kappa shape index (κ3) is 4.43. The second kappa shape index (κ2) is 8.26. The second-order valence-electron chi connectivity index (χ2n) is 6.22. The van der Waals surface area contributed by atoms with Gasteiger partial charge in [-0.05, 0) is 55.5 Å². The highest BCUT2D eigenvalue weighted by Gasteiger charge is 2.22. The number of anilines is 1. The van der Waals surface area contributed by atoms with Crippen molar-refractivity contribution in [1.29, 1.82) is 5.26 Å². The molecular formula is C21H14Cl2N2O3S. The molecule has 8 heteroatoms. The maximum absolute atomic E-state index is 12.9. The van der Waals surface area contributed by atoms with Crippen LogP contribution in [0.25, 0.3) is 0 Å². The number of halogens is 2. The topological polar surface area (TPSA) is 87.0 Å². The van der Waals surface area contributed by atoms with Gasteiger partial charge in [-0.3, -0.25) is 4.79 Å². The monoisotopic (exact) mass is 444 g/mol. The summed E-state index contributed by atoms with van der Waals surface area (Å²) in [6, 6.07) is 16.7. The Hall–Kier alpha value is -2.85. The molecular weight excluding hydrogens is 431 g/mol. The molecule has 0 bridgehead atoms. The fourth-order valence-electron chi connectivity index (χ4n) is 2.65. The van der Waals surface area contributed by atoms with Crippen LogP contribution in [0.1, 0.15) is 21.5 Å². The summed E-state index contributed by atoms with van der Waals surface area (Å²) in [6.45, 7) is 1.85. The number of nitriles is 1. The molecule has 0 atom stereocenters. The standard InChI is InChI=1S/C21H14Cl2N2O3S/c1-13-2-6-17(7-3-13)29(27,28)20-9-5-16(10-14(20)12-24)25-21(26)18-8-4-15(22)11-19(18)23/h2-11H,1H3,(H,25,26). The molecule has 1 amide bonds. The summed E-state index contributed by atoms with van der Waals surface area (Å²) in [5.74, 6) is -0.510. The van der Waals surface area contributed by atoms with Crippen molar-refractivity contribution < 1.29 is 13.2 Å². The van der Waals surface area contributed by atoms with Gasteiger partial charge in [-0.1, -0.05) is 40.9 Å². The predicted molar refractivity (Wildman–Crippen MR) is 112 cm³/mol. The molecule has 0 saturated heterocycles. The Kier molecular flexibility index (Phi) is 5.94. The van der Waals surface area contributed by atoms with Crippen LogP contribution in [0.3, 0.4) is 0 Å². The molecule has 3 aromatic rings. The molecule has 3 aromatic carbocycles. The van der Waals surface area contributed by atoms with Crippen molar-refractivity contribution in [2.24, 2.45) is 0 Å². The van der Waals surface area contributed by atoms with Gasteiger partial charge >= 0.3 is 0 Å². The van der Waals surface area contributed by atoms with Crippen LogP contribution in [0.15, 0.2) is 70.5 Å². The zero-order valence-electron chi connectivity index (χ0n) is 15.1. The molecule has 5 nitrogen and oxygen atoms in total. The van der Waals surface area contributed by atoms with Crippen molar-refractivity contribution in [1.82, 2.24) is 0 Å². The smallest absolute Gasteiger partial charge is 0.257 e.